The van der Waals surface area contributed by atoms with Gasteiger partial charge < -0.3 is 5.32 Å². The Morgan fingerprint density at radius 2 is 2.00 bits per heavy atom. The van der Waals surface area contributed by atoms with E-state index < -0.39 is 10.0 Å². The molecule has 0 atom stereocenters. The Morgan fingerprint density at radius 3 is 2.67 bits per heavy atom. The van der Waals surface area contributed by atoms with Gasteiger partial charge in [0.25, 0.3) is 10.0 Å². The summed E-state index contributed by atoms with van der Waals surface area (Å²) < 4.78 is 27.5. The lowest BCUT2D eigenvalue weighted by Gasteiger charge is -2.07. The third-order valence-corrected chi connectivity index (χ3v) is 6.24. The number of sulfonamides is 1. The van der Waals surface area contributed by atoms with E-state index in [0.717, 1.165) is 17.0 Å². The first-order valence-electron chi connectivity index (χ1n) is 6.51. The van der Waals surface area contributed by atoms with Crippen molar-refractivity contribution in [2.45, 2.75) is 24.6 Å². The van der Waals surface area contributed by atoms with E-state index in [0.29, 0.717) is 21.5 Å². The normalized spacial score (nSPS) is 11.6. The number of rotatable bonds is 6. The van der Waals surface area contributed by atoms with E-state index in [1.54, 1.807) is 24.3 Å². The molecule has 4 nitrogen and oxygen atoms in total. The summed E-state index contributed by atoms with van der Waals surface area (Å²) in [6.45, 7) is 5.40. The zero-order valence-corrected chi connectivity index (χ0v) is 14.2. The summed E-state index contributed by atoms with van der Waals surface area (Å²) in [6, 6.07) is 8.54. The van der Waals surface area contributed by atoms with Gasteiger partial charge in [0.1, 0.15) is 4.21 Å². The summed E-state index contributed by atoms with van der Waals surface area (Å²) >= 11 is 7.27. The highest BCUT2D eigenvalue weighted by molar-refractivity contribution is 7.94. The Kier molecular flexibility index (Phi) is 5.27. The van der Waals surface area contributed by atoms with E-state index in [1.807, 2.05) is 19.9 Å². The molecule has 7 heteroatoms. The average molecular weight is 345 g/mol. The molecule has 0 aliphatic carbocycles. The topological polar surface area (TPSA) is 58.2 Å². The van der Waals surface area contributed by atoms with Gasteiger partial charge in [-0.1, -0.05) is 24.6 Å². The zero-order chi connectivity index (χ0) is 15.5. The molecule has 0 aliphatic rings. The molecular weight excluding hydrogens is 328 g/mol. The number of anilines is 1. The summed E-state index contributed by atoms with van der Waals surface area (Å²) in [6.07, 6.45) is 0. The molecule has 0 amide bonds. The molecule has 0 aliphatic heterocycles. The van der Waals surface area contributed by atoms with Crippen LogP contribution in [0.3, 0.4) is 0 Å². The fourth-order valence-electron chi connectivity index (χ4n) is 1.71. The van der Waals surface area contributed by atoms with E-state index in [-0.39, 0.29) is 0 Å². The van der Waals surface area contributed by atoms with E-state index in [9.17, 15) is 8.42 Å². The number of nitrogens with one attached hydrogen (secondary N) is 2. The van der Waals surface area contributed by atoms with Crippen molar-refractivity contribution in [3.8, 4) is 0 Å². The van der Waals surface area contributed by atoms with Gasteiger partial charge in [0, 0.05) is 16.4 Å². The van der Waals surface area contributed by atoms with Gasteiger partial charge in [0.2, 0.25) is 0 Å². The van der Waals surface area contributed by atoms with Crippen molar-refractivity contribution in [2.24, 2.45) is 0 Å². The maximum Gasteiger partial charge on any atom is 0.271 e. The SMILES string of the molecule is CCNCc1ccc(S(=O)(=O)Nc2ccc(C)c(Cl)c2)s1. The zero-order valence-electron chi connectivity index (χ0n) is 11.8. The maximum atomic E-state index is 12.3. The van der Waals surface area contributed by atoms with Crippen LogP contribution in [0.1, 0.15) is 17.4 Å². The first-order valence-corrected chi connectivity index (χ1v) is 9.18. The molecule has 0 fully saturated rings. The quantitative estimate of drug-likeness (QED) is 0.841. The average Bonchev–Trinajstić information content (AvgIpc) is 2.90. The Hall–Kier alpha value is -1.08. The number of aryl methyl sites for hydroxylation is 1. The van der Waals surface area contributed by atoms with Gasteiger partial charge in [-0.25, -0.2) is 8.42 Å². The molecule has 1 aromatic heterocycles. The van der Waals surface area contributed by atoms with Crippen LogP contribution in [0.4, 0.5) is 5.69 Å². The summed E-state index contributed by atoms with van der Waals surface area (Å²) in [4.78, 5) is 0.985. The van der Waals surface area contributed by atoms with Gasteiger partial charge in [-0.15, -0.1) is 11.3 Å². The minimum absolute atomic E-state index is 0.298. The standard InChI is InChI=1S/C14H17ClN2O2S2/c1-3-16-9-12-6-7-14(20-12)21(18,19)17-11-5-4-10(2)13(15)8-11/h4-8,16-17H,3,9H2,1-2H3. The lowest BCUT2D eigenvalue weighted by Crippen LogP contribution is -2.12. The Labute approximate surface area is 134 Å². The van der Waals surface area contributed by atoms with E-state index in [4.69, 9.17) is 11.6 Å². The van der Waals surface area contributed by atoms with Crippen molar-refractivity contribution in [1.29, 1.82) is 0 Å². The smallest absolute Gasteiger partial charge is 0.271 e. The largest absolute Gasteiger partial charge is 0.312 e. The minimum atomic E-state index is -3.57. The lowest BCUT2D eigenvalue weighted by molar-refractivity contribution is 0.603. The van der Waals surface area contributed by atoms with Crippen LogP contribution >= 0.6 is 22.9 Å². The molecule has 0 saturated carbocycles. The highest BCUT2D eigenvalue weighted by Crippen LogP contribution is 2.26. The van der Waals surface area contributed by atoms with Crippen molar-refractivity contribution >= 4 is 38.6 Å². The molecule has 114 valence electrons. The highest BCUT2D eigenvalue weighted by Gasteiger charge is 2.17. The fourth-order valence-corrected chi connectivity index (χ4v) is 4.26. The highest BCUT2D eigenvalue weighted by atomic mass is 35.5. The van der Waals surface area contributed by atoms with Crippen molar-refractivity contribution in [3.63, 3.8) is 0 Å². The third-order valence-electron chi connectivity index (χ3n) is 2.88. The number of hydrogen-bond donors (Lipinski definition) is 2. The van der Waals surface area contributed by atoms with Crippen molar-refractivity contribution < 1.29 is 8.42 Å². The summed E-state index contributed by atoms with van der Waals surface area (Å²) in [5.41, 5.74) is 1.37. The van der Waals surface area contributed by atoms with Crippen molar-refractivity contribution in [2.75, 3.05) is 11.3 Å². The maximum absolute atomic E-state index is 12.3. The van der Waals surface area contributed by atoms with Crippen molar-refractivity contribution in [1.82, 2.24) is 5.32 Å². The number of thiophene rings is 1. The van der Waals surface area contributed by atoms with Crippen LogP contribution in [0.5, 0.6) is 0 Å². The Bertz CT molecular complexity index is 726. The van der Waals surface area contributed by atoms with Gasteiger partial charge >= 0.3 is 0 Å². The number of halogens is 1. The Balaban J connectivity index is 2.17. The fraction of sp³-hybridized carbons (Fsp3) is 0.286. The third kappa shape index (κ3) is 4.20. The van der Waals surface area contributed by atoms with E-state index >= 15 is 0 Å². The molecule has 1 aromatic carbocycles. The van der Waals surface area contributed by atoms with E-state index in [1.165, 1.54) is 11.3 Å². The molecule has 0 saturated heterocycles. The van der Waals surface area contributed by atoms with Gasteiger partial charge in [0.05, 0.1) is 5.69 Å². The predicted octanol–water partition coefficient (Wildman–Crippen LogP) is 3.62. The van der Waals surface area contributed by atoms with Crippen LogP contribution in [-0.4, -0.2) is 15.0 Å². The van der Waals surface area contributed by atoms with E-state index in [2.05, 4.69) is 10.0 Å². The molecule has 0 radical (unpaired) electrons. The molecule has 0 spiro atoms. The van der Waals surface area contributed by atoms with Crippen LogP contribution in [0, 0.1) is 6.92 Å². The number of benzene rings is 1. The van der Waals surface area contributed by atoms with Crippen molar-refractivity contribution in [3.05, 3.63) is 45.8 Å². The molecule has 0 bridgehead atoms. The molecule has 0 unspecified atom stereocenters. The monoisotopic (exact) mass is 344 g/mol. The van der Waals surface area contributed by atoms with Crippen LogP contribution in [0.15, 0.2) is 34.5 Å². The summed E-state index contributed by atoms with van der Waals surface area (Å²) in [5, 5.41) is 3.71. The molecule has 21 heavy (non-hydrogen) atoms. The number of hydrogen-bond acceptors (Lipinski definition) is 4. The van der Waals surface area contributed by atoms with Crippen LogP contribution in [0.2, 0.25) is 5.02 Å². The molecule has 2 N–H and O–H groups in total. The lowest BCUT2D eigenvalue weighted by atomic mass is 10.2. The second-order valence-corrected chi connectivity index (χ2v) is 8.06. The van der Waals surface area contributed by atoms with Gasteiger partial charge in [-0.3, -0.25) is 4.72 Å². The second-order valence-electron chi connectivity index (χ2n) is 4.57. The first-order chi connectivity index (χ1) is 9.92. The van der Waals surface area contributed by atoms with Gasteiger partial charge in [-0.2, -0.15) is 0 Å². The molecular formula is C14H17ClN2O2S2. The summed E-state index contributed by atoms with van der Waals surface area (Å²) in [7, 11) is -3.57. The Morgan fingerprint density at radius 1 is 1.24 bits per heavy atom. The molecule has 1 heterocycles. The van der Waals surface area contributed by atoms with Gasteiger partial charge in [0.15, 0.2) is 0 Å². The second kappa shape index (κ2) is 6.79. The molecule has 2 rings (SSSR count). The first kappa shape index (κ1) is 16.3. The van der Waals surface area contributed by atoms with Crippen LogP contribution < -0.4 is 10.0 Å². The minimum Gasteiger partial charge on any atom is -0.312 e. The van der Waals surface area contributed by atoms with Crippen LogP contribution in [0.25, 0.3) is 0 Å². The predicted molar refractivity (Wildman–Crippen MR) is 88.7 cm³/mol. The van der Waals surface area contributed by atoms with Crippen LogP contribution in [-0.2, 0) is 16.6 Å². The summed E-state index contributed by atoms with van der Waals surface area (Å²) in [5.74, 6) is 0. The van der Waals surface area contributed by atoms with Gasteiger partial charge in [-0.05, 0) is 43.3 Å². The molecule has 2 aromatic rings.